The van der Waals surface area contributed by atoms with Gasteiger partial charge in [0.1, 0.15) is 5.56 Å². The molecule has 44 valence electrons. The third-order valence-corrected chi connectivity index (χ3v) is 0.778. The molecule has 0 rings (SSSR count). The lowest BCUT2D eigenvalue weighted by molar-refractivity contribution is 0.151. The first-order valence-corrected chi connectivity index (χ1v) is 2.52. The van der Waals surface area contributed by atoms with Crippen LogP contribution >= 0.6 is 11.6 Å². The monoisotopic (exact) mass is 124 g/mol. The number of ether oxygens (including phenoxy) is 1. The molecule has 0 aromatic rings. The summed E-state index contributed by atoms with van der Waals surface area (Å²) in [5, 5.41) is 8.37. The standard InChI is InChI=1S/C4H9ClO2/c1-7-3-2-4(5)6/h4,6H,2-3H2,1H3. The molecule has 1 unspecified atom stereocenters. The summed E-state index contributed by atoms with van der Waals surface area (Å²) in [7, 11) is 1.57. The quantitative estimate of drug-likeness (QED) is 0.558. The Morgan fingerprint density at radius 1 is 1.86 bits per heavy atom. The molecule has 7 heavy (non-hydrogen) atoms. The van der Waals surface area contributed by atoms with E-state index in [9.17, 15) is 0 Å². The van der Waals surface area contributed by atoms with Gasteiger partial charge >= 0.3 is 0 Å². The van der Waals surface area contributed by atoms with Crippen molar-refractivity contribution in [1.82, 2.24) is 0 Å². The third-order valence-electron chi connectivity index (χ3n) is 0.560. The molecule has 0 amide bonds. The summed E-state index contributed by atoms with van der Waals surface area (Å²) in [5.74, 6) is 0. The molecule has 3 heteroatoms. The molecule has 2 nitrogen and oxygen atoms in total. The van der Waals surface area contributed by atoms with E-state index in [1.807, 2.05) is 0 Å². The molecule has 0 aliphatic heterocycles. The Morgan fingerprint density at radius 2 is 2.43 bits per heavy atom. The second-order valence-electron chi connectivity index (χ2n) is 1.22. The maximum Gasteiger partial charge on any atom is 0.130 e. The van der Waals surface area contributed by atoms with E-state index in [0.29, 0.717) is 13.0 Å². The second kappa shape index (κ2) is 4.37. The minimum atomic E-state index is -0.750. The minimum absolute atomic E-state index is 0.498. The van der Waals surface area contributed by atoms with Crippen molar-refractivity contribution < 1.29 is 9.84 Å². The van der Waals surface area contributed by atoms with Gasteiger partial charge in [-0.05, 0) is 0 Å². The lowest BCUT2D eigenvalue weighted by Gasteiger charge is -1.97. The molecule has 0 spiro atoms. The largest absolute Gasteiger partial charge is 0.385 e. The van der Waals surface area contributed by atoms with Gasteiger partial charge in [0.15, 0.2) is 0 Å². The summed E-state index contributed by atoms with van der Waals surface area (Å²) in [6.45, 7) is 0.519. The Labute approximate surface area is 48.0 Å². The predicted octanol–water partition coefficient (Wildman–Crippen LogP) is 0.580. The first-order chi connectivity index (χ1) is 3.27. The zero-order valence-electron chi connectivity index (χ0n) is 4.22. The number of aliphatic hydroxyl groups excluding tert-OH is 1. The van der Waals surface area contributed by atoms with Gasteiger partial charge in [0.2, 0.25) is 0 Å². The smallest absolute Gasteiger partial charge is 0.130 e. The molecular weight excluding hydrogens is 115 g/mol. The SMILES string of the molecule is COCCC(O)Cl. The maximum absolute atomic E-state index is 8.37. The highest BCUT2D eigenvalue weighted by Crippen LogP contribution is 1.94. The second-order valence-corrected chi connectivity index (χ2v) is 1.72. The van der Waals surface area contributed by atoms with E-state index in [4.69, 9.17) is 16.7 Å². The van der Waals surface area contributed by atoms with Crippen molar-refractivity contribution in [1.29, 1.82) is 0 Å². The van der Waals surface area contributed by atoms with E-state index in [0.717, 1.165) is 0 Å². The van der Waals surface area contributed by atoms with Crippen LogP contribution in [0.4, 0.5) is 0 Å². The van der Waals surface area contributed by atoms with Crippen LogP contribution in [0, 0.1) is 0 Å². The Hall–Kier alpha value is 0.210. The van der Waals surface area contributed by atoms with E-state index in [2.05, 4.69) is 4.74 Å². The van der Waals surface area contributed by atoms with Crippen LogP contribution in [-0.4, -0.2) is 24.4 Å². The fourth-order valence-electron chi connectivity index (χ4n) is 0.215. The van der Waals surface area contributed by atoms with E-state index in [1.165, 1.54) is 0 Å². The summed E-state index contributed by atoms with van der Waals surface area (Å²) >= 11 is 5.13. The predicted molar refractivity (Wildman–Crippen MR) is 28.4 cm³/mol. The lowest BCUT2D eigenvalue weighted by Crippen LogP contribution is -2.00. The fourth-order valence-corrected chi connectivity index (χ4v) is 0.304. The summed E-state index contributed by atoms with van der Waals surface area (Å²) in [6, 6.07) is 0. The Bertz CT molecular complexity index is 38.7. The first-order valence-electron chi connectivity index (χ1n) is 2.08. The van der Waals surface area contributed by atoms with Crippen molar-refractivity contribution in [3.8, 4) is 0 Å². The number of hydrogen-bond acceptors (Lipinski definition) is 2. The van der Waals surface area contributed by atoms with Crippen LogP contribution in [0.3, 0.4) is 0 Å². The van der Waals surface area contributed by atoms with Gasteiger partial charge in [0, 0.05) is 20.1 Å². The normalized spacial score (nSPS) is 14.1. The van der Waals surface area contributed by atoms with Crippen LogP contribution in [0.5, 0.6) is 0 Å². The molecule has 0 aromatic carbocycles. The van der Waals surface area contributed by atoms with Crippen LogP contribution in [0.2, 0.25) is 0 Å². The van der Waals surface area contributed by atoms with Gasteiger partial charge < -0.3 is 9.84 Å². The number of halogens is 1. The molecule has 0 aliphatic rings. The summed E-state index contributed by atoms with van der Waals surface area (Å²) in [5.41, 5.74) is -0.750. The first kappa shape index (κ1) is 7.21. The van der Waals surface area contributed by atoms with Crippen molar-refractivity contribution >= 4 is 11.6 Å². The van der Waals surface area contributed by atoms with Gasteiger partial charge in [0.05, 0.1) is 0 Å². The molecular formula is C4H9ClO2. The number of rotatable bonds is 3. The van der Waals surface area contributed by atoms with Gasteiger partial charge in [-0.15, -0.1) is 0 Å². The van der Waals surface area contributed by atoms with E-state index < -0.39 is 5.56 Å². The highest BCUT2D eigenvalue weighted by atomic mass is 35.5. The summed E-state index contributed by atoms with van der Waals surface area (Å²) in [6.07, 6.45) is 0.498. The van der Waals surface area contributed by atoms with E-state index in [1.54, 1.807) is 7.11 Å². The van der Waals surface area contributed by atoms with Crippen molar-refractivity contribution in [2.45, 2.75) is 12.0 Å². The summed E-state index contributed by atoms with van der Waals surface area (Å²) in [4.78, 5) is 0. The maximum atomic E-state index is 8.37. The molecule has 0 heterocycles. The van der Waals surface area contributed by atoms with E-state index >= 15 is 0 Å². The van der Waals surface area contributed by atoms with Crippen molar-refractivity contribution in [2.24, 2.45) is 0 Å². The number of alkyl halides is 1. The van der Waals surface area contributed by atoms with Crippen LogP contribution in [-0.2, 0) is 4.74 Å². The Kier molecular flexibility index (Phi) is 4.50. The Morgan fingerprint density at radius 3 is 2.57 bits per heavy atom. The van der Waals surface area contributed by atoms with Gasteiger partial charge in [-0.3, -0.25) is 0 Å². The molecule has 0 saturated carbocycles. The van der Waals surface area contributed by atoms with Crippen LogP contribution in [0.15, 0.2) is 0 Å². The van der Waals surface area contributed by atoms with Crippen molar-refractivity contribution in [3.63, 3.8) is 0 Å². The van der Waals surface area contributed by atoms with Crippen molar-refractivity contribution in [2.75, 3.05) is 13.7 Å². The number of methoxy groups -OCH3 is 1. The highest BCUT2D eigenvalue weighted by Gasteiger charge is 1.93. The number of aliphatic hydroxyl groups is 1. The Balaban J connectivity index is 2.68. The molecule has 0 aliphatic carbocycles. The topological polar surface area (TPSA) is 29.5 Å². The van der Waals surface area contributed by atoms with E-state index in [-0.39, 0.29) is 0 Å². The number of hydrogen-bond donors (Lipinski definition) is 1. The molecule has 0 fully saturated rings. The molecule has 0 bridgehead atoms. The molecule has 0 saturated heterocycles. The molecule has 1 atom stereocenters. The highest BCUT2D eigenvalue weighted by molar-refractivity contribution is 6.19. The van der Waals surface area contributed by atoms with Crippen molar-refractivity contribution in [3.05, 3.63) is 0 Å². The molecule has 0 radical (unpaired) electrons. The lowest BCUT2D eigenvalue weighted by atomic mass is 10.5. The molecule has 0 aromatic heterocycles. The zero-order valence-corrected chi connectivity index (χ0v) is 4.98. The third kappa shape index (κ3) is 6.21. The summed E-state index contributed by atoms with van der Waals surface area (Å²) < 4.78 is 4.61. The minimum Gasteiger partial charge on any atom is -0.385 e. The fraction of sp³-hybridized carbons (Fsp3) is 1.00. The van der Waals surface area contributed by atoms with Crippen LogP contribution < -0.4 is 0 Å². The van der Waals surface area contributed by atoms with Crippen LogP contribution in [0.25, 0.3) is 0 Å². The van der Waals surface area contributed by atoms with Gasteiger partial charge in [-0.2, -0.15) is 0 Å². The molecule has 1 N–H and O–H groups in total. The van der Waals surface area contributed by atoms with Gasteiger partial charge in [0.25, 0.3) is 0 Å². The average Bonchev–Trinajstić information content (AvgIpc) is 1.61. The van der Waals surface area contributed by atoms with Gasteiger partial charge in [-0.25, -0.2) is 0 Å². The zero-order chi connectivity index (χ0) is 5.70. The van der Waals surface area contributed by atoms with Gasteiger partial charge in [-0.1, -0.05) is 11.6 Å². The van der Waals surface area contributed by atoms with Crippen LogP contribution in [0.1, 0.15) is 6.42 Å². The average molecular weight is 125 g/mol.